The van der Waals surface area contributed by atoms with Crippen molar-refractivity contribution in [3.8, 4) is 0 Å². The third-order valence-corrected chi connectivity index (χ3v) is 13.3. The third kappa shape index (κ3) is 8.17. The van der Waals surface area contributed by atoms with Gasteiger partial charge in [-0.05, 0) is 50.2 Å². The van der Waals surface area contributed by atoms with Crippen molar-refractivity contribution in [1.29, 1.82) is 0 Å². The van der Waals surface area contributed by atoms with Crippen molar-refractivity contribution in [1.82, 2.24) is 4.98 Å². The van der Waals surface area contributed by atoms with Crippen LogP contribution in [0.1, 0.15) is 98.1 Å². The van der Waals surface area contributed by atoms with Crippen molar-refractivity contribution in [2.45, 2.75) is 115 Å². The monoisotopic (exact) mass is 929 g/mol. The summed E-state index contributed by atoms with van der Waals surface area (Å²) in [5.74, 6) is -12.1. The van der Waals surface area contributed by atoms with Gasteiger partial charge in [-0.2, -0.15) is 0 Å². The van der Waals surface area contributed by atoms with E-state index in [9.17, 15) is 43.5 Å². The van der Waals surface area contributed by atoms with E-state index in [1.54, 1.807) is 31.2 Å². The van der Waals surface area contributed by atoms with Crippen LogP contribution in [0.2, 0.25) is 0 Å². The molecule has 1 aromatic heterocycles. The molecule has 4 bridgehead atoms. The van der Waals surface area contributed by atoms with Crippen LogP contribution in [0.25, 0.3) is 0 Å². The minimum Gasteiger partial charge on any atom is -0.465 e. The van der Waals surface area contributed by atoms with E-state index < -0.39 is 138 Å². The van der Waals surface area contributed by atoms with Gasteiger partial charge < -0.3 is 47.7 Å². The van der Waals surface area contributed by atoms with Crippen molar-refractivity contribution in [3.63, 3.8) is 0 Å². The zero-order valence-electron chi connectivity index (χ0n) is 38.0. The highest BCUT2D eigenvalue weighted by Gasteiger charge is 2.92. The second-order valence-electron chi connectivity index (χ2n) is 17.7. The molecule has 0 amide bonds. The van der Waals surface area contributed by atoms with Gasteiger partial charge in [0.1, 0.15) is 42.0 Å². The topological polar surface area (TPSA) is 253 Å². The van der Waals surface area contributed by atoms with Crippen molar-refractivity contribution >= 4 is 47.8 Å². The number of aliphatic hydroxyl groups is 1. The fraction of sp³-hybridized carbons (Fsp3) is 0.479. The lowest BCUT2D eigenvalue weighted by Gasteiger charge is -2.67. The summed E-state index contributed by atoms with van der Waals surface area (Å²) in [6, 6.07) is 17.8. The van der Waals surface area contributed by atoms with Crippen LogP contribution in [0.3, 0.4) is 0 Å². The molecule has 2 saturated carbocycles. The Morgan fingerprint density at radius 1 is 0.687 bits per heavy atom. The standard InChI is InChI=1S/C48H51NO18/c1-24-25(2)41(54)65-38-36(62-28(5)52)40(66-43(56)31-18-13-10-14-19-31)47(23-59-26(3)50)39(63-29(6)53)35(61-27(4)51)33-37(64-42(55)30-16-11-9-12-17-30)48(47,46(38,8)58)67-45(33,7)22-60-44(57)32-20-15-21-49-34(24)32/h9-21,24-25,33,35-40,58H,22-23H2,1-8H3/t24-,25-,33+,35+,36-,37+,38-,39+,40-,45-,46-,47-,48-/m0/s1. The maximum absolute atomic E-state index is 14.8. The highest BCUT2D eigenvalue weighted by molar-refractivity contribution is 5.92. The number of carbonyl (C=O) groups excluding carboxylic acids is 8. The number of ether oxygens (including phenoxy) is 9. The summed E-state index contributed by atoms with van der Waals surface area (Å²) in [5.41, 5.74) is -10.7. The van der Waals surface area contributed by atoms with Gasteiger partial charge in [-0.3, -0.25) is 29.0 Å². The SMILES string of the molecule is CC(=O)OC[C@@]12[C@H](OC(C)=O)[C@H](OC(C)=O)[C@@H]3[C@@H](OC(=O)c4ccccc4)[C@@]14O[C@@]3(C)COC(=O)c1cccnc1[C@@H](C)[C@H](C)C(=O)O[C@@H]([C@H](OC(C)=O)[C@@H]2OC(=O)c1ccccc1)[C@]4(C)O. The first kappa shape index (κ1) is 48.2. The Balaban J connectivity index is 1.65. The van der Waals surface area contributed by atoms with Crippen LogP contribution in [0.15, 0.2) is 79.0 Å². The third-order valence-electron chi connectivity index (χ3n) is 13.3. The first-order chi connectivity index (χ1) is 31.6. The molecule has 3 heterocycles. The van der Waals surface area contributed by atoms with Crippen LogP contribution in [0, 0.1) is 17.3 Å². The highest BCUT2D eigenvalue weighted by atomic mass is 16.7. The van der Waals surface area contributed by atoms with E-state index >= 15 is 0 Å². The molecule has 2 aromatic carbocycles. The van der Waals surface area contributed by atoms with E-state index in [1.807, 2.05) is 0 Å². The average molecular weight is 930 g/mol. The molecule has 2 aliphatic heterocycles. The molecule has 7 rings (SSSR count). The number of aromatic nitrogens is 1. The van der Waals surface area contributed by atoms with Gasteiger partial charge in [-0.15, -0.1) is 0 Å². The molecule has 1 N–H and O–H groups in total. The maximum Gasteiger partial charge on any atom is 0.340 e. The van der Waals surface area contributed by atoms with Crippen LogP contribution in [0.4, 0.5) is 0 Å². The molecule has 0 radical (unpaired) electrons. The molecular formula is C48H51NO18. The smallest absolute Gasteiger partial charge is 0.340 e. The molecule has 356 valence electrons. The van der Waals surface area contributed by atoms with E-state index in [2.05, 4.69) is 4.98 Å². The number of benzene rings is 2. The van der Waals surface area contributed by atoms with E-state index in [0.717, 1.165) is 34.6 Å². The van der Waals surface area contributed by atoms with Crippen molar-refractivity contribution in [3.05, 3.63) is 101 Å². The van der Waals surface area contributed by atoms with Gasteiger partial charge in [-0.1, -0.05) is 50.2 Å². The lowest BCUT2D eigenvalue weighted by molar-refractivity contribution is -0.385. The average Bonchev–Trinajstić information content (AvgIpc) is 3.51. The summed E-state index contributed by atoms with van der Waals surface area (Å²) < 4.78 is 56.6. The summed E-state index contributed by atoms with van der Waals surface area (Å²) in [6.07, 6.45) is -11.1. The van der Waals surface area contributed by atoms with Gasteiger partial charge in [-0.25, -0.2) is 14.4 Å². The predicted octanol–water partition coefficient (Wildman–Crippen LogP) is 3.62. The summed E-state index contributed by atoms with van der Waals surface area (Å²) >= 11 is 0. The zero-order valence-corrected chi connectivity index (χ0v) is 38.0. The van der Waals surface area contributed by atoms with Gasteiger partial charge in [0.15, 0.2) is 30.0 Å². The minimum atomic E-state index is -2.91. The van der Waals surface area contributed by atoms with Gasteiger partial charge in [0.25, 0.3) is 0 Å². The Bertz CT molecular complexity index is 2460. The Morgan fingerprint density at radius 2 is 1.22 bits per heavy atom. The number of hydrogen-bond acceptors (Lipinski definition) is 19. The Morgan fingerprint density at radius 3 is 1.78 bits per heavy atom. The summed E-state index contributed by atoms with van der Waals surface area (Å²) in [5, 5.41) is 13.9. The number of rotatable bonds is 9. The molecule has 0 unspecified atom stereocenters. The van der Waals surface area contributed by atoms with Crippen molar-refractivity contribution in [2.75, 3.05) is 13.2 Å². The summed E-state index contributed by atoms with van der Waals surface area (Å²) in [6.45, 7) is 7.66. The first-order valence-corrected chi connectivity index (χ1v) is 21.5. The van der Waals surface area contributed by atoms with Gasteiger partial charge >= 0.3 is 47.8 Å². The molecule has 3 aromatic rings. The van der Waals surface area contributed by atoms with Crippen molar-refractivity contribution in [2.24, 2.45) is 17.3 Å². The quantitative estimate of drug-likeness (QED) is 0.238. The Hall–Kier alpha value is -6.73. The lowest BCUT2D eigenvalue weighted by atomic mass is 9.45. The number of esters is 8. The van der Waals surface area contributed by atoms with Crippen molar-refractivity contribution < 1.29 is 86.1 Å². The number of carbonyl (C=O) groups is 8. The fourth-order valence-corrected chi connectivity index (χ4v) is 10.4. The Kier molecular flexibility index (Phi) is 13.1. The first-order valence-electron chi connectivity index (χ1n) is 21.5. The number of fused-ring (bicyclic) bond motifs is 5. The van der Waals surface area contributed by atoms with Crippen LogP contribution >= 0.6 is 0 Å². The van der Waals surface area contributed by atoms with Crippen LogP contribution in [-0.2, 0) is 66.6 Å². The predicted molar refractivity (Wildman–Crippen MR) is 225 cm³/mol. The van der Waals surface area contributed by atoms with Crippen LogP contribution < -0.4 is 0 Å². The highest BCUT2D eigenvalue weighted by Crippen LogP contribution is 2.70. The zero-order chi connectivity index (χ0) is 48.8. The fourth-order valence-electron chi connectivity index (χ4n) is 10.4. The normalized spacial score (nSPS) is 34.1. The molecule has 19 heteroatoms. The summed E-state index contributed by atoms with van der Waals surface area (Å²) in [7, 11) is 0. The molecule has 19 nitrogen and oxygen atoms in total. The number of nitrogens with zero attached hydrogens (tertiary/aromatic N) is 1. The number of hydrogen-bond donors (Lipinski definition) is 1. The molecular weight excluding hydrogens is 879 g/mol. The molecule has 1 spiro atoms. The van der Waals surface area contributed by atoms with Crippen LogP contribution in [0.5, 0.6) is 0 Å². The van der Waals surface area contributed by atoms with Crippen LogP contribution in [-0.4, -0.2) is 124 Å². The number of pyridine rings is 1. The maximum atomic E-state index is 14.8. The Labute approximate surface area is 384 Å². The largest absolute Gasteiger partial charge is 0.465 e. The molecule has 67 heavy (non-hydrogen) atoms. The second kappa shape index (κ2) is 18.2. The van der Waals surface area contributed by atoms with Gasteiger partial charge in [0.2, 0.25) is 0 Å². The van der Waals surface area contributed by atoms with E-state index in [1.165, 1.54) is 68.6 Å². The van der Waals surface area contributed by atoms with E-state index in [0.29, 0.717) is 0 Å². The second-order valence-corrected chi connectivity index (χ2v) is 17.7. The molecule has 4 aliphatic rings. The molecule has 2 aliphatic carbocycles. The minimum absolute atomic E-state index is 0.0377. The molecule has 1 saturated heterocycles. The van der Waals surface area contributed by atoms with Gasteiger partial charge in [0.05, 0.1) is 34.2 Å². The van der Waals surface area contributed by atoms with Gasteiger partial charge in [0, 0.05) is 39.8 Å². The van der Waals surface area contributed by atoms with E-state index in [4.69, 9.17) is 42.6 Å². The molecule has 3 fully saturated rings. The van der Waals surface area contributed by atoms with E-state index in [-0.39, 0.29) is 22.4 Å². The number of cyclic esters (lactones) is 1. The lowest BCUT2D eigenvalue weighted by Crippen LogP contribution is -2.89. The molecule has 13 atom stereocenters. The summed E-state index contributed by atoms with van der Waals surface area (Å²) in [4.78, 5) is 116.